The first-order chi connectivity index (χ1) is 9.32. The molecule has 3 N–H and O–H groups in total. The van der Waals surface area contributed by atoms with Crippen molar-refractivity contribution in [3.05, 3.63) is 5.69 Å². The molecule has 9 heteroatoms. The Morgan fingerprint density at radius 2 is 2.15 bits per heavy atom. The van der Waals surface area contributed by atoms with Crippen LogP contribution >= 0.6 is 11.8 Å². The van der Waals surface area contributed by atoms with E-state index < -0.39 is 17.9 Å². The van der Waals surface area contributed by atoms with Crippen LogP contribution in [0.1, 0.15) is 18.7 Å². The molecule has 2 rings (SSSR count). The molecule has 1 amide bonds. The van der Waals surface area contributed by atoms with Crippen LogP contribution in [0, 0.1) is 6.92 Å². The molecule has 0 bridgehead atoms. The molecule has 2 aromatic rings. The van der Waals surface area contributed by atoms with Crippen LogP contribution in [0.15, 0.2) is 5.16 Å². The molecule has 108 valence electrons. The van der Waals surface area contributed by atoms with Crippen molar-refractivity contribution in [2.24, 2.45) is 12.8 Å². The third kappa shape index (κ3) is 2.36. The summed E-state index contributed by atoms with van der Waals surface area (Å²) in [4.78, 5) is 26.6. The number of nitrogens with zero attached hydrogens (tertiary/aromatic N) is 4. The molecule has 0 radical (unpaired) electrons. The molecule has 0 aliphatic heterocycles. The summed E-state index contributed by atoms with van der Waals surface area (Å²) in [5, 5.41) is 13.5. The molecule has 0 aromatic carbocycles. The molecule has 1 atom stereocenters. The van der Waals surface area contributed by atoms with Gasteiger partial charge in [0, 0.05) is 7.05 Å². The number of carboxylic acid groups (broad SMARTS) is 1. The van der Waals surface area contributed by atoms with Gasteiger partial charge in [-0.15, -0.1) is 0 Å². The molecule has 0 saturated carbocycles. The van der Waals surface area contributed by atoms with Gasteiger partial charge >= 0.3 is 5.97 Å². The average molecular weight is 297 g/mol. The lowest BCUT2D eigenvalue weighted by Gasteiger charge is -2.13. The molecule has 0 saturated heterocycles. The van der Waals surface area contributed by atoms with Gasteiger partial charge < -0.3 is 10.8 Å². The van der Waals surface area contributed by atoms with E-state index in [4.69, 9.17) is 10.8 Å². The largest absolute Gasteiger partial charge is 0.481 e. The van der Waals surface area contributed by atoms with Crippen LogP contribution in [-0.4, -0.2) is 42.1 Å². The van der Waals surface area contributed by atoms with Gasteiger partial charge in [0.15, 0.2) is 10.8 Å². The number of carbonyl (C=O) groups excluding carboxylic acids is 1. The number of aryl methyl sites for hydroxylation is 2. The van der Waals surface area contributed by atoms with E-state index in [1.54, 1.807) is 30.1 Å². The number of imidazole rings is 1. The van der Waals surface area contributed by atoms with Crippen LogP contribution in [0.4, 0.5) is 0 Å². The molecular formula is C11H15N5O3S. The van der Waals surface area contributed by atoms with Crippen molar-refractivity contribution in [1.29, 1.82) is 0 Å². The summed E-state index contributed by atoms with van der Waals surface area (Å²) < 4.78 is 3.24. The van der Waals surface area contributed by atoms with E-state index in [1.807, 2.05) is 0 Å². The second kappa shape index (κ2) is 5.16. The van der Waals surface area contributed by atoms with Crippen molar-refractivity contribution in [3.63, 3.8) is 0 Å². The number of hydrogen-bond acceptors (Lipinski definition) is 5. The number of rotatable bonds is 5. The number of carboxylic acids is 1. The fourth-order valence-corrected chi connectivity index (χ4v) is 2.77. The Bertz CT molecular complexity index is 690. The smallest absolute Gasteiger partial charge is 0.313 e. The summed E-state index contributed by atoms with van der Waals surface area (Å²) >= 11 is 1.05. The van der Waals surface area contributed by atoms with Gasteiger partial charge in [-0.2, -0.15) is 5.10 Å². The minimum Gasteiger partial charge on any atom is -0.481 e. The van der Waals surface area contributed by atoms with Crippen LogP contribution in [0.5, 0.6) is 0 Å². The van der Waals surface area contributed by atoms with Crippen LogP contribution in [0.2, 0.25) is 0 Å². The molecule has 0 aliphatic carbocycles. The zero-order valence-corrected chi connectivity index (χ0v) is 12.1. The maximum atomic E-state index is 11.5. The number of hydrogen-bond donors (Lipinski definition) is 2. The Kier molecular flexibility index (Phi) is 3.71. The molecule has 2 aromatic heterocycles. The lowest BCUT2D eigenvalue weighted by atomic mass is 10.3. The number of amides is 1. The summed E-state index contributed by atoms with van der Waals surface area (Å²) in [6, 6.07) is -0.633. The van der Waals surface area contributed by atoms with Gasteiger partial charge in [-0.3, -0.25) is 18.8 Å². The summed E-state index contributed by atoms with van der Waals surface area (Å²) in [5.41, 5.74) is 7.38. The monoisotopic (exact) mass is 297 g/mol. The fraction of sp³-hybridized carbons (Fsp3) is 0.455. The van der Waals surface area contributed by atoms with E-state index in [2.05, 4.69) is 10.1 Å². The Morgan fingerprint density at radius 3 is 2.70 bits per heavy atom. The van der Waals surface area contributed by atoms with Crippen molar-refractivity contribution in [2.45, 2.75) is 25.0 Å². The predicted molar refractivity (Wildman–Crippen MR) is 73.5 cm³/mol. The van der Waals surface area contributed by atoms with Gasteiger partial charge in [0.1, 0.15) is 11.6 Å². The summed E-state index contributed by atoms with van der Waals surface area (Å²) in [5.74, 6) is -1.60. The van der Waals surface area contributed by atoms with Crippen LogP contribution in [0.25, 0.3) is 11.2 Å². The standard InChI is InChI=1S/C11H15N5O3S/c1-5-8-10(15(3)14-5)16(6(2)9(12)19)11(13-8)20-4-7(17)18/h6H,4H2,1-3H3,(H2,12,19)(H,17,18). The topological polar surface area (TPSA) is 116 Å². The van der Waals surface area contributed by atoms with E-state index in [0.717, 1.165) is 17.5 Å². The minimum absolute atomic E-state index is 0.138. The van der Waals surface area contributed by atoms with Gasteiger partial charge in [-0.05, 0) is 13.8 Å². The Balaban J connectivity index is 2.60. The zero-order valence-electron chi connectivity index (χ0n) is 11.3. The van der Waals surface area contributed by atoms with Crippen molar-refractivity contribution in [1.82, 2.24) is 19.3 Å². The number of nitrogens with two attached hydrogens (primary N) is 1. The minimum atomic E-state index is -0.949. The summed E-state index contributed by atoms with van der Waals surface area (Å²) in [7, 11) is 1.74. The molecule has 20 heavy (non-hydrogen) atoms. The SMILES string of the molecule is Cc1nn(C)c2c1nc(SCC(=O)O)n2C(C)C(N)=O. The summed E-state index contributed by atoms with van der Waals surface area (Å²) in [6.45, 7) is 3.46. The van der Waals surface area contributed by atoms with Crippen LogP contribution in [0.3, 0.4) is 0 Å². The highest BCUT2D eigenvalue weighted by Gasteiger charge is 2.24. The molecule has 1 unspecified atom stereocenters. The Morgan fingerprint density at radius 1 is 1.50 bits per heavy atom. The Hall–Kier alpha value is -2.03. The van der Waals surface area contributed by atoms with Crippen LogP contribution < -0.4 is 5.73 Å². The second-order valence-electron chi connectivity index (χ2n) is 4.41. The van der Waals surface area contributed by atoms with Gasteiger partial charge in [0.25, 0.3) is 0 Å². The quantitative estimate of drug-likeness (QED) is 0.767. The lowest BCUT2D eigenvalue weighted by Crippen LogP contribution is -2.25. The molecule has 8 nitrogen and oxygen atoms in total. The molecule has 0 aliphatic rings. The zero-order chi connectivity index (χ0) is 15.0. The number of aromatic nitrogens is 4. The highest BCUT2D eigenvalue weighted by Crippen LogP contribution is 2.29. The molecule has 0 fully saturated rings. The van der Waals surface area contributed by atoms with Gasteiger partial charge in [0.05, 0.1) is 11.4 Å². The van der Waals surface area contributed by atoms with E-state index in [9.17, 15) is 9.59 Å². The first-order valence-corrected chi connectivity index (χ1v) is 6.87. The summed E-state index contributed by atoms with van der Waals surface area (Å²) in [6.07, 6.45) is 0. The first kappa shape index (κ1) is 14.4. The predicted octanol–water partition coefficient (Wildman–Crippen LogP) is 0.301. The molecule has 2 heterocycles. The number of aliphatic carboxylic acids is 1. The number of fused-ring (bicyclic) bond motifs is 1. The van der Waals surface area contributed by atoms with Crippen molar-refractivity contribution in [3.8, 4) is 0 Å². The molecule has 0 spiro atoms. The van der Waals surface area contributed by atoms with Crippen molar-refractivity contribution < 1.29 is 14.7 Å². The highest BCUT2D eigenvalue weighted by molar-refractivity contribution is 7.99. The number of carbonyl (C=O) groups is 2. The molecular weight excluding hydrogens is 282 g/mol. The number of thioether (sulfide) groups is 1. The van der Waals surface area contributed by atoms with E-state index in [-0.39, 0.29) is 5.75 Å². The van der Waals surface area contributed by atoms with E-state index in [0.29, 0.717) is 16.3 Å². The first-order valence-electron chi connectivity index (χ1n) is 5.88. The van der Waals surface area contributed by atoms with Crippen molar-refractivity contribution in [2.75, 3.05) is 5.75 Å². The third-order valence-corrected chi connectivity index (χ3v) is 3.86. The van der Waals surface area contributed by atoms with Crippen molar-refractivity contribution >= 4 is 34.8 Å². The van der Waals surface area contributed by atoms with Crippen LogP contribution in [-0.2, 0) is 16.6 Å². The third-order valence-electron chi connectivity index (χ3n) is 2.93. The van der Waals surface area contributed by atoms with Gasteiger partial charge in [-0.1, -0.05) is 11.8 Å². The van der Waals surface area contributed by atoms with Gasteiger partial charge in [0.2, 0.25) is 5.91 Å². The number of primary amides is 1. The highest BCUT2D eigenvalue weighted by atomic mass is 32.2. The normalized spacial score (nSPS) is 12.8. The fourth-order valence-electron chi connectivity index (χ4n) is 1.98. The van der Waals surface area contributed by atoms with E-state index >= 15 is 0 Å². The lowest BCUT2D eigenvalue weighted by molar-refractivity contribution is -0.133. The Labute approximate surface area is 118 Å². The maximum absolute atomic E-state index is 11.5. The average Bonchev–Trinajstić information content (AvgIpc) is 2.85. The van der Waals surface area contributed by atoms with Gasteiger partial charge in [-0.25, -0.2) is 4.98 Å². The second-order valence-corrected chi connectivity index (χ2v) is 5.35. The maximum Gasteiger partial charge on any atom is 0.313 e. The van der Waals surface area contributed by atoms with E-state index in [1.165, 1.54) is 0 Å².